The first-order chi connectivity index (χ1) is 12.8. The van der Waals surface area contributed by atoms with Crippen molar-refractivity contribution in [2.45, 2.75) is 97.6 Å². The van der Waals surface area contributed by atoms with Gasteiger partial charge >= 0.3 is 5.97 Å². The van der Waals surface area contributed by atoms with Gasteiger partial charge in [-0.3, -0.25) is 4.79 Å². The molecule has 0 radical (unpaired) electrons. The van der Waals surface area contributed by atoms with E-state index >= 15 is 0 Å². The first kappa shape index (κ1) is 19.7. The Morgan fingerprint density at radius 3 is 2.48 bits per heavy atom. The van der Waals surface area contributed by atoms with Crippen LogP contribution in [0.4, 0.5) is 4.39 Å². The molecule has 3 heteroatoms. The smallest absolute Gasteiger partial charge is 0.306 e. The lowest BCUT2D eigenvalue weighted by atomic mass is 9.44. The van der Waals surface area contributed by atoms with E-state index in [9.17, 15) is 9.18 Å². The minimum absolute atomic E-state index is 0.130. The first-order valence-corrected chi connectivity index (χ1v) is 11.6. The van der Waals surface area contributed by atoms with E-state index in [1.807, 2.05) is 6.92 Å². The van der Waals surface area contributed by atoms with Gasteiger partial charge in [-0.15, -0.1) is 0 Å². The fourth-order valence-electron chi connectivity index (χ4n) is 8.80. The lowest BCUT2D eigenvalue weighted by Gasteiger charge is -2.61. The van der Waals surface area contributed by atoms with Crippen LogP contribution in [-0.2, 0) is 4.79 Å². The van der Waals surface area contributed by atoms with Crippen LogP contribution >= 0.6 is 0 Å². The Hall–Kier alpha value is -0.600. The van der Waals surface area contributed by atoms with Crippen LogP contribution in [0, 0.1) is 46.3 Å². The number of rotatable bonds is 4. The SMILES string of the molecule is C[C@H](C(F)CC(=O)O)[C@H]1CC[C@H]2[C@@H]3CCC4CCCC[C@]4(C)[C@H]3CC[C@]12C. The van der Waals surface area contributed by atoms with Crippen molar-refractivity contribution in [3.63, 3.8) is 0 Å². The maximum absolute atomic E-state index is 14.7. The number of hydrogen-bond donors (Lipinski definition) is 1. The number of aliphatic carboxylic acids is 1. The molecule has 2 unspecified atom stereocenters. The molecule has 4 aliphatic carbocycles. The molecule has 0 heterocycles. The van der Waals surface area contributed by atoms with E-state index in [0.717, 1.165) is 30.1 Å². The van der Waals surface area contributed by atoms with Crippen molar-refractivity contribution in [1.82, 2.24) is 0 Å². The average molecular weight is 379 g/mol. The number of hydrogen-bond acceptors (Lipinski definition) is 1. The zero-order valence-corrected chi connectivity index (χ0v) is 17.6. The van der Waals surface area contributed by atoms with Gasteiger partial charge < -0.3 is 5.11 Å². The highest BCUT2D eigenvalue weighted by Crippen LogP contribution is 2.68. The van der Waals surface area contributed by atoms with Gasteiger partial charge in [-0.05, 0) is 97.7 Å². The van der Waals surface area contributed by atoms with Gasteiger partial charge in [0.05, 0.1) is 6.42 Å². The number of carbonyl (C=O) groups is 1. The highest BCUT2D eigenvalue weighted by molar-refractivity contribution is 5.67. The molecule has 0 saturated heterocycles. The molecular weight excluding hydrogens is 339 g/mol. The molecule has 0 aromatic rings. The number of halogens is 1. The third-order valence-electron chi connectivity index (χ3n) is 10.2. The highest BCUT2D eigenvalue weighted by atomic mass is 19.1. The molecule has 0 aliphatic heterocycles. The third-order valence-corrected chi connectivity index (χ3v) is 10.2. The predicted molar refractivity (Wildman–Crippen MR) is 106 cm³/mol. The fourth-order valence-corrected chi connectivity index (χ4v) is 8.80. The van der Waals surface area contributed by atoms with Crippen molar-refractivity contribution >= 4 is 5.97 Å². The Bertz CT molecular complexity index is 577. The van der Waals surface area contributed by atoms with E-state index in [2.05, 4.69) is 13.8 Å². The van der Waals surface area contributed by atoms with Gasteiger partial charge in [0.1, 0.15) is 6.17 Å². The van der Waals surface area contributed by atoms with Crippen LogP contribution in [0.2, 0.25) is 0 Å². The highest BCUT2D eigenvalue weighted by Gasteiger charge is 2.60. The first-order valence-electron chi connectivity index (χ1n) is 11.6. The summed E-state index contributed by atoms with van der Waals surface area (Å²) in [6.07, 6.45) is 11.9. The molecule has 4 aliphatic rings. The molecule has 1 N–H and O–H groups in total. The molecule has 9 atom stereocenters. The minimum Gasteiger partial charge on any atom is -0.481 e. The van der Waals surface area contributed by atoms with Crippen LogP contribution in [0.1, 0.15) is 91.4 Å². The standard InChI is InChI=1S/C24H39FO2/c1-15(21(25)14-22(26)27)18-9-10-19-17-8-7-16-6-4-5-12-23(16,2)20(17)11-13-24(18,19)3/h15-21H,4-14H2,1-3H3,(H,26,27)/t15-,16?,17-,18+,19-,20-,21?,23-,24+/m0/s1. The van der Waals surface area contributed by atoms with Gasteiger partial charge in [-0.2, -0.15) is 0 Å². The lowest BCUT2D eigenvalue weighted by Crippen LogP contribution is -2.53. The molecular formula is C24H39FO2. The summed E-state index contributed by atoms with van der Waals surface area (Å²) in [6, 6.07) is 0. The quantitative estimate of drug-likeness (QED) is 0.607. The van der Waals surface area contributed by atoms with Gasteiger partial charge in [0.25, 0.3) is 0 Å². The second-order valence-corrected chi connectivity index (χ2v) is 11.1. The molecule has 0 spiro atoms. The van der Waals surface area contributed by atoms with Crippen LogP contribution in [0.15, 0.2) is 0 Å². The summed E-state index contributed by atoms with van der Waals surface area (Å²) in [4.78, 5) is 11.0. The Morgan fingerprint density at radius 2 is 1.74 bits per heavy atom. The molecule has 4 fully saturated rings. The molecule has 154 valence electrons. The van der Waals surface area contributed by atoms with Crippen molar-refractivity contribution in [3.05, 3.63) is 0 Å². The van der Waals surface area contributed by atoms with Crippen LogP contribution < -0.4 is 0 Å². The monoisotopic (exact) mass is 378 g/mol. The molecule has 2 nitrogen and oxygen atoms in total. The molecule has 4 rings (SSSR count). The summed E-state index contributed by atoms with van der Waals surface area (Å²) in [5.74, 6) is 2.62. The van der Waals surface area contributed by atoms with E-state index < -0.39 is 12.1 Å². The zero-order chi connectivity index (χ0) is 19.4. The van der Waals surface area contributed by atoms with Gasteiger partial charge in [0, 0.05) is 0 Å². The van der Waals surface area contributed by atoms with Crippen LogP contribution in [0.25, 0.3) is 0 Å². The number of carboxylic acids is 1. The number of carboxylic acid groups (broad SMARTS) is 1. The van der Waals surface area contributed by atoms with E-state index in [0.29, 0.717) is 11.3 Å². The number of alkyl halides is 1. The summed E-state index contributed by atoms with van der Waals surface area (Å²) in [7, 11) is 0. The van der Waals surface area contributed by atoms with Crippen molar-refractivity contribution < 1.29 is 14.3 Å². The predicted octanol–water partition coefficient (Wildman–Crippen LogP) is 6.48. The van der Waals surface area contributed by atoms with Crippen molar-refractivity contribution in [2.75, 3.05) is 0 Å². The Labute approximate surface area is 164 Å². The van der Waals surface area contributed by atoms with E-state index in [4.69, 9.17) is 5.11 Å². The summed E-state index contributed by atoms with van der Waals surface area (Å²) in [5, 5.41) is 9.03. The maximum atomic E-state index is 14.7. The van der Waals surface area contributed by atoms with Crippen LogP contribution in [0.5, 0.6) is 0 Å². The maximum Gasteiger partial charge on any atom is 0.306 e. The second-order valence-electron chi connectivity index (χ2n) is 11.1. The van der Waals surface area contributed by atoms with Crippen molar-refractivity contribution in [3.8, 4) is 0 Å². The van der Waals surface area contributed by atoms with Crippen molar-refractivity contribution in [1.29, 1.82) is 0 Å². The summed E-state index contributed by atoms with van der Waals surface area (Å²) in [6.45, 7) is 7.03. The second kappa shape index (κ2) is 7.02. The van der Waals surface area contributed by atoms with E-state index in [-0.39, 0.29) is 17.8 Å². The zero-order valence-electron chi connectivity index (χ0n) is 17.6. The summed E-state index contributed by atoms with van der Waals surface area (Å²) >= 11 is 0. The summed E-state index contributed by atoms with van der Waals surface area (Å²) < 4.78 is 14.7. The van der Waals surface area contributed by atoms with Gasteiger partial charge in [-0.25, -0.2) is 4.39 Å². The van der Waals surface area contributed by atoms with Crippen LogP contribution in [-0.4, -0.2) is 17.2 Å². The van der Waals surface area contributed by atoms with Crippen LogP contribution in [0.3, 0.4) is 0 Å². The molecule has 0 bridgehead atoms. The van der Waals surface area contributed by atoms with Gasteiger partial charge in [-0.1, -0.05) is 33.6 Å². The largest absolute Gasteiger partial charge is 0.481 e. The minimum atomic E-state index is -1.20. The Balaban J connectivity index is 1.54. The summed E-state index contributed by atoms with van der Waals surface area (Å²) in [5.41, 5.74) is 0.777. The Kier molecular flexibility index (Phi) is 5.13. The lowest BCUT2D eigenvalue weighted by molar-refractivity contribution is -0.139. The fraction of sp³-hybridized carbons (Fsp3) is 0.958. The molecule has 27 heavy (non-hydrogen) atoms. The van der Waals surface area contributed by atoms with Gasteiger partial charge in [0.2, 0.25) is 0 Å². The molecule has 4 saturated carbocycles. The average Bonchev–Trinajstić information content (AvgIpc) is 2.97. The van der Waals surface area contributed by atoms with E-state index in [1.165, 1.54) is 57.8 Å². The van der Waals surface area contributed by atoms with Gasteiger partial charge in [0.15, 0.2) is 0 Å². The molecule has 0 amide bonds. The number of fused-ring (bicyclic) bond motifs is 5. The van der Waals surface area contributed by atoms with Crippen molar-refractivity contribution in [2.24, 2.45) is 46.3 Å². The van der Waals surface area contributed by atoms with E-state index in [1.54, 1.807) is 0 Å². The molecule has 0 aromatic carbocycles. The Morgan fingerprint density at radius 1 is 1.00 bits per heavy atom. The normalized spacial score (nSPS) is 48.8. The topological polar surface area (TPSA) is 37.3 Å². The molecule has 0 aromatic heterocycles. The third kappa shape index (κ3) is 3.06.